The fourth-order valence-electron chi connectivity index (χ4n) is 2.71. The zero-order valence-electron chi connectivity index (χ0n) is 11.7. The quantitative estimate of drug-likeness (QED) is 0.883. The number of rotatable bonds is 4. The van der Waals surface area contributed by atoms with E-state index in [4.69, 9.17) is 4.74 Å². The minimum Gasteiger partial charge on any atom is -0.487 e. The Hall–Kier alpha value is -1.09. The van der Waals surface area contributed by atoms with Gasteiger partial charge < -0.3 is 9.84 Å². The first-order chi connectivity index (χ1) is 9.10. The highest BCUT2D eigenvalue weighted by atomic mass is 19.1. The Labute approximate surface area is 114 Å². The first-order valence-corrected chi connectivity index (χ1v) is 7.24. The normalized spacial score (nSPS) is 25.1. The van der Waals surface area contributed by atoms with Gasteiger partial charge in [-0.25, -0.2) is 4.39 Å². The lowest BCUT2D eigenvalue weighted by Crippen LogP contribution is -2.24. The van der Waals surface area contributed by atoms with Crippen LogP contribution in [0.3, 0.4) is 0 Å². The van der Waals surface area contributed by atoms with Crippen molar-refractivity contribution in [2.75, 3.05) is 0 Å². The molecule has 2 rings (SSSR count). The number of ether oxygens (including phenoxy) is 1. The van der Waals surface area contributed by atoms with Gasteiger partial charge in [0, 0.05) is 0 Å². The minimum atomic E-state index is -0.649. The minimum absolute atomic E-state index is 0.134. The van der Waals surface area contributed by atoms with Gasteiger partial charge in [-0.15, -0.1) is 0 Å². The van der Waals surface area contributed by atoms with Crippen molar-refractivity contribution in [2.45, 2.75) is 58.2 Å². The summed E-state index contributed by atoms with van der Waals surface area (Å²) in [6.07, 6.45) is 5.08. The molecule has 2 nitrogen and oxygen atoms in total. The van der Waals surface area contributed by atoms with Gasteiger partial charge in [0.05, 0.1) is 12.2 Å². The van der Waals surface area contributed by atoms with E-state index in [2.05, 4.69) is 6.92 Å². The highest BCUT2D eigenvalue weighted by Crippen LogP contribution is 2.30. The lowest BCUT2D eigenvalue weighted by Gasteiger charge is -2.28. The second-order valence-electron chi connectivity index (χ2n) is 5.53. The lowest BCUT2D eigenvalue weighted by molar-refractivity contribution is 0.125. The van der Waals surface area contributed by atoms with Crippen LogP contribution in [0.4, 0.5) is 4.39 Å². The maximum absolute atomic E-state index is 13.9. The molecule has 106 valence electrons. The standard InChI is InChI=1S/C16H23FO2/c1-3-12-4-7-14(8-5-12)19-16-9-6-13(11(2)18)10-15(16)17/h6,9-12,14,18H,3-5,7-8H2,1-2H3/t11-,12?,14?/m1/s1. The molecule has 1 fully saturated rings. The molecule has 0 aliphatic heterocycles. The van der Waals surface area contributed by atoms with Crippen LogP contribution in [0.15, 0.2) is 18.2 Å². The molecule has 1 aromatic carbocycles. The maximum Gasteiger partial charge on any atom is 0.165 e. The fourth-order valence-corrected chi connectivity index (χ4v) is 2.71. The van der Waals surface area contributed by atoms with Crippen molar-refractivity contribution >= 4 is 0 Å². The largest absolute Gasteiger partial charge is 0.487 e. The summed E-state index contributed by atoms with van der Waals surface area (Å²) < 4.78 is 19.6. The Morgan fingerprint density at radius 1 is 1.32 bits per heavy atom. The third-order valence-corrected chi connectivity index (χ3v) is 4.10. The molecule has 1 aliphatic carbocycles. The van der Waals surface area contributed by atoms with Gasteiger partial charge >= 0.3 is 0 Å². The Bertz CT molecular complexity index is 409. The van der Waals surface area contributed by atoms with Crippen LogP contribution in [-0.4, -0.2) is 11.2 Å². The van der Waals surface area contributed by atoms with E-state index >= 15 is 0 Å². The van der Waals surface area contributed by atoms with Crippen molar-refractivity contribution in [2.24, 2.45) is 5.92 Å². The molecule has 0 spiro atoms. The van der Waals surface area contributed by atoms with Crippen LogP contribution in [0.25, 0.3) is 0 Å². The van der Waals surface area contributed by atoms with Gasteiger partial charge in [-0.05, 0) is 56.2 Å². The number of halogens is 1. The average Bonchev–Trinajstić information content (AvgIpc) is 2.41. The van der Waals surface area contributed by atoms with Crippen molar-refractivity contribution in [1.29, 1.82) is 0 Å². The summed E-state index contributed by atoms with van der Waals surface area (Å²) in [7, 11) is 0. The maximum atomic E-state index is 13.9. The molecule has 0 amide bonds. The van der Waals surface area contributed by atoms with E-state index in [1.54, 1.807) is 19.1 Å². The first-order valence-electron chi connectivity index (χ1n) is 7.24. The Morgan fingerprint density at radius 2 is 2.00 bits per heavy atom. The first kappa shape index (κ1) is 14.3. The van der Waals surface area contributed by atoms with Crippen LogP contribution in [0.2, 0.25) is 0 Å². The molecule has 1 atom stereocenters. The van der Waals surface area contributed by atoms with Gasteiger partial charge in [0.1, 0.15) is 0 Å². The molecule has 1 aromatic rings. The van der Waals surface area contributed by atoms with Gasteiger partial charge in [-0.2, -0.15) is 0 Å². The molecule has 1 aliphatic rings. The molecule has 0 heterocycles. The topological polar surface area (TPSA) is 29.5 Å². The Morgan fingerprint density at radius 3 is 2.53 bits per heavy atom. The zero-order chi connectivity index (χ0) is 13.8. The Kier molecular flexibility index (Phi) is 4.81. The summed E-state index contributed by atoms with van der Waals surface area (Å²) in [4.78, 5) is 0. The molecule has 0 radical (unpaired) electrons. The molecular formula is C16H23FO2. The second-order valence-corrected chi connectivity index (χ2v) is 5.53. The van der Waals surface area contributed by atoms with E-state index in [9.17, 15) is 9.50 Å². The van der Waals surface area contributed by atoms with Gasteiger partial charge in [-0.1, -0.05) is 19.4 Å². The molecule has 0 saturated heterocycles. The fraction of sp³-hybridized carbons (Fsp3) is 0.625. The van der Waals surface area contributed by atoms with E-state index in [0.717, 1.165) is 18.8 Å². The molecule has 19 heavy (non-hydrogen) atoms. The summed E-state index contributed by atoms with van der Waals surface area (Å²) >= 11 is 0. The van der Waals surface area contributed by atoms with Crippen LogP contribution in [0.1, 0.15) is 57.6 Å². The highest BCUT2D eigenvalue weighted by molar-refractivity contribution is 5.30. The van der Waals surface area contributed by atoms with Crippen molar-refractivity contribution in [3.8, 4) is 5.75 Å². The monoisotopic (exact) mass is 266 g/mol. The summed E-state index contributed by atoms with van der Waals surface area (Å²) in [6, 6.07) is 4.71. The van der Waals surface area contributed by atoms with E-state index in [-0.39, 0.29) is 11.9 Å². The summed E-state index contributed by atoms with van der Waals surface area (Å²) in [5, 5.41) is 9.41. The third-order valence-electron chi connectivity index (χ3n) is 4.10. The number of hydrogen-bond acceptors (Lipinski definition) is 2. The summed E-state index contributed by atoms with van der Waals surface area (Å²) in [6.45, 7) is 3.85. The van der Waals surface area contributed by atoms with E-state index in [1.807, 2.05) is 0 Å². The van der Waals surface area contributed by atoms with Gasteiger partial charge in [-0.3, -0.25) is 0 Å². The second kappa shape index (κ2) is 6.38. The van der Waals surface area contributed by atoms with Crippen LogP contribution in [-0.2, 0) is 0 Å². The number of benzene rings is 1. The van der Waals surface area contributed by atoms with Gasteiger partial charge in [0.25, 0.3) is 0 Å². The smallest absolute Gasteiger partial charge is 0.165 e. The van der Waals surface area contributed by atoms with Crippen LogP contribution >= 0.6 is 0 Å². The lowest BCUT2D eigenvalue weighted by atomic mass is 9.86. The van der Waals surface area contributed by atoms with Crippen LogP contribution in [0.5, 0.6) is 5.75 Å². The molecule has 0 unspecified atom stereocenters. The molecule has 1 N–H and O–H groups in total. The van der Waals surface area contributed by atoms with Crippen molar-refractivity contribution in [3.05, 3.63) is 29.6 Å². The summed E-state index contributed by atoms with van der Waals surface area (Å²) in [5.41, 5.74) is 0.583. The molecule has 0 bridgehead atoms. The van der Waals surface area contributed by atoms with E-state index in [1.165, 1.54) is 25.3 Å². The Balaban J connectivity index is 1.96. The van der Waals surface area contributed by atoms with Crippen molar-refractivity contribution in [3.63, 3.8) is 0 Å². The van der Waals surface area contributed by atoms with Gasteiger partial charge in [0.2, 0.25) is 0 Å². The SMILES string of the molecule is CCC1CCC(Oc2ccc([C@@H](C)O)cc2F)CC1. The van der Waals surface area contributed by atoms with E-state index < -0.39 is 6.10 Å². The zero-order valence-corrected chi connectivity index (χ0v) is 11.7. The average molecular weight is 266 g/mol. The van der Waals surface area contributed by atoms with Crippen molar-refractivity contribution < 1.29 is 14.2 Å². The van der Waals surface area contributed by atoms with Crippen molar-refractivity contribution in [1.82, 2.24) is 0 Å². The van der Waals surface area contributed by atoms with Crippen LogP contribution < -0.4 is 4.74 Å². The van der Waals surface area contributed by atoms with E-state index in [0.29, 0.717) is 11.3 Å². The highest BCUT2D eigenvalue weighted by Gasteiger charge is 2.22. The molecule has 3 heteroatoms. The predicted octanol–water partition coefficient (Wildman–Crippen LogP) is 4.23. The van der Waals surface area contributed by atoms with Gasteiger partial charge in [0.15, 0.2) is 11.6 Å². The number of aliphatic hydroxyl groups excluding tert-OH is 1. The molecule has 1 saturated carbocycles. The molecular weight excluding hydrogens is 243 g/mol. The third kappa shape index (κ3) is 3.69. The van der Waals surface area contributed by atoms with Crippen LogP contribution in [0, 0.1) is 11.7 Å². The summed E-state index contributed by atoms with van der Waals surface area (Å²) in [5.74, 6) is 0.739. The molecule has 0 aromatic heterocycles. The number of aliphatic hydroxyl groups is 1. The number of hydrogen-bond donors (Lipinski definition) is 1. The predicted molar refractivity (Wildman–Crippen MR) is 73.7 cm³/mol.